The second-order valence-electron chi connectivity index (χ2n) is 5.33. The molecule has 0 aromatic heterocycles. The third kappa shape index (κ3) is 3.36. The number of hydrogen-bond acceptors (Lipinski definition) is 3. The van der Waals surface area contributed by atoms with E-state index < -0.39 is 12.0 Å². The summed E-state index contributed by atoms with van der Waals surface area (Å²) in [6, 6.07) is 5.35. The Balaban J connectivity index is 1.99. The normalized spacial score (nSPS) is 19.0. The number of amides is 1. The summed E-state index contributed by atoms with van der Waals surface area (Å²) in [4.78, 5) is 24.9. The number of carbonyl (C=O) groups is 2. The Morgan fingerprint density at radius 3 is 2.85 bits per heavy atom. The van der Waals surface area contributed by atoms with Crippen molar-refractivity contribution < 1.29 is 14.7 Å². The van der Waals surface area contributed by atoms with E-state index in [1.165, 1.54) is 0 Å². The maximum Gasteiger partial charge on any atom is 0.320 e. The summed E-state index contributed by atoms with van der Waals surface area (Å²) in [5.74, 6) is -1.01. The largest absolute Gasteiger partial charge is 0.480 e. The van der Waals surface area contributed by atoms with Gasteiger partial charge < -0.3 is 10.4 Å². The summed E-state index contributed by atoms with van der Waals surface area (Å²) in [6.45, 7) is 4.70. The molecule has 5 nitrogen and oxygen atoms in total. The molecule has 0 saturated carbocycles. The SMILES string of the molecule is Cc1ccc(C)c(NC(=O)CN2CCCC2C(=O)O)c1. The number of nitrogens with zero attached hydrogens (tertiary/aromatic N) is 1. The number of rotatable bonds is 4. The van der Waals surface area contributed by atoms with E-state index in [0.717, 1.165) is 23.2 Å². The molecule has 1 fully saturated rings. The number of likely N-dealkylation sites (tertiary alicyclic amines) is 1. The number of benzene rings is 1. The van der Waals surface area contributed by atoms with Gasteiger partial charge in [0.25, 0.3) is 0 Å². The van der Waals surface area contributed by atoms with Gasteiger partial charge in [-0.15, -0.1) is 0 Å². The molecular formula is C15H20N2O3. The molecular weight excluding hydrogens is 256 g/mol. The number of carbonyl (C=O) groups excluding carboxylic acids is 1. The van der Waals surface area contributed by atoms with Crippen molar-refractivity contribution in [2.24, 2.45) is 0 Å². The van der Waals surface area contributed by atoms with Crippen LogP contribution in [0.5, 0.6) is 0 Å². The summed E-state index contributed by atoms with van der Waals surface area (Å²) < 4.78 is 0. The molecule has 2 rings (SSSR count). The van der Waals surface area contributed by atoms with E-state index in [2.05, 4.69) is 5.32 Å². The molecule has 2 N–H and O–H groups in total. The molecule has 1 amide bonds. The van der Waals surface area contributed by atoms with Crippen LogP contribution >= 0.6 is 0 Å². The zero-order valence-corrected chi connectivity index (χ0v) is 11.8. The maximum atomic E-state index is 12.1. The highest BCUT2D eigenvalue weighted by atomic mass is 16.4. The van der Waals surface area contributed by atoms with E-state index in [1.54, 1.807) is 4.90 Å². The lowest BCUT2D eigenvalue weighted by Crippen LogP contribution is -2.41. The summed E-state index contributed by atoms with van der Waals surface area (Å²) in [7, 11) is 0. The first-order valence-corrected chi connectivity index (χ1v) is 6.81. The number of carboxylic acids is 1. The van der Waals surface area contributed by atoms with Crippen molar-refractivity contribution in [2.75, 3.05) is 18.4 Å². The lowest BCUT2D eigenvalue weighted by molar-refractivity contribution is -0.142. The highest BCUT2D eigenvalue weighted by molar-refractivity contribution is 5.93. The van der Waals surface area contributed by atoms with Gasteiger partial charge in [0.1, 0.15) is 6.04 Å². The molecule has 20 heavy (non-hydrogen) atoms. The minimum atomic E-state index is -0.845. The first kappa shape index (κ1) is 14.5. The quantitative estimate of drug-likeness (QED) is 0.879. The molecule has 1 aromatic carbocycles. The third-order valence-corrected chi connectivity index (χ3v) is 3.66. The van der Waals surface area contributed by atoms with E-state index in [9.17, 15) is 9.59 Å². The van der Waals surface area contributed by atoms with Crippen molar-refractivity contribution in [1.82, 2.24) is 4.90 Å². The van der Waals surface area contributed by atoms with Gasteiger partial charge in [0.2, 0.25) is 5.91 Å². The van der Waals surface area contributed by atoms with E-state index >= 15 is 0 Å². The minimum absolute atomic E-state index is 0.129. The Morgan fingerprint density at radius 2 is 2.15 bits per heavy atom. The predicted molar refractivity (Wildman–Crippen MR) is 76.8 cm³/mol. The van der Waals surface area contributed by atoms with Gasteiger partial charge in [0.15, 0.2) is 0 Å². The number of hydrogen-bond donors (Lipinski definition) is 2. The number of aryl methyl sites for hydroxylation is 2. The zero-order chi connectivity index (χ0) is 14.7. The van der Waals surface area contributed by atoms with Crippen molar-refractivity contribution in [1.29, 1.82) is 0 Å². The first-order valence-electron chi connectivity index (χ1n) is 6.81. The zero-order valence-electron chi connectivity index (χ0n) is 11.8. The fourth-order valence-corrected chi connectivity index (χ4v) is 2.54. The van der Waals surface area contributed by atoms with Gasteiger partial charge in [0, 0.05) is 5.69 Å². The first-order chi connectivity index (χ1) is 9.47. The Labute approximate surface area is 118 Å². The summed E-state index contributed by atoms with van der Waals surface area (Å²) in [5, 5.41) is 12.0. The average molecular weight is 276 g/mol. The van der Waals surface area contributed by atoms with Crippen LogP contribution in [0.3, 0.4) is 0 Å². The summed E-state index contributed by atoms with van der Waals surface area (Å²) >= 11 is 0. The fraction of sp³-hybridized carbons (Fsp3) is 0.467. The van der Waals surface area contributed by atoms with Crippen LogP contribution in [-0.4, -0.2) is 41.0 Å². The van der Waals surface area contributed by atoms with Crippen LogP contribution in [-0.2, 0) is 9.59 Å². The second-order valence-corrected chi connectivity index (χ2v) is 5.33. The Hall–Kier alpha value is -1.88. The second kappa shape index (κ2) is 6.05. The molecule has 1 aliphatic heterocycles. The van der Waals surface area contributed by atoms with Crippen molar-refractivity contribution in [3.63, 3.8) is 0 Å². The molecule has 1 saturated heterocycles. The van der Waals surface area contributed by atoms with Crippen LogP contribution in [0.1, 0.15) is 24.0 Å². The molecule has 0 radical (unpaired) electrons. The highest BCUT2D eigenvalue weighted by Crippen LogP contribution is 2.19. The van der Waals surface area contributed by atoms with Crippen molar-refractivity contribution >= 4 is 17.6 Å². The van der Waals surface area contributed by atoms with Gasteiger partial charge in [-0.3, -0.25) is 14.5 Å². The molecule has 5 heteroatoms. The molecule has 1 aromatic rings. The fourth-order valence-electron chi connectivity index (χ4n) is 2.54. The third-order valence-electron chi connectivity index (χ3n) is 3.66. The van der Waals surface area contributed by atoms with Gasteiger partial charge in [-0.25, -0.2) is 0 Å². The molecule has 108 valence electrons. The Bertz CT molecular complexity index is 528. The standard InChI is InChI=1S/C15H20N2O3/c1-10-5-6-11(2)12(8-10)16-14(18)9-17-7-3-4-13(17)15(19)20/h5-6,8,13H,3-4,7,9H2,1-2H3,(H,16,18)(H,19,20). The van der Waals surface area contributed by atoms with Gasteiger partial charge in [-0.1, -0.05) is 12.1 Å². The average Bonchev–Trinajstić information content (AvgIpc) is 2.82. The topological polar surface area (TPSA) is 69.6 Å². The minimum Gasteiger partial charge on any atom is -0.480 e. The number of carboxylic acid groups (broad SMARTS) is 1. The molecule has 0 spiro atoms. The number of nitrogens with one attached hydrogen (secondary N) is 1. The van der Waals surface area contributed by atoms with Gasteiger partial charge in [0.05, 0.1) is 6.54 Å². The van der Waals surface area contributed by atoms with E-state index in [0.29, 0.717) is 13.0 Å². The van der Waals surface area contributed by atoms with Crippen LogP contribution in [0.25, 0.3) is 0 Å². The summed E-state index contributed by atoms with van der Waals surface area (Å²) in [6.07, 6.45) is 1.44. The molecule has 1 atom stereocenters. The van der Waals surface area contributed by atoms with Crippen molar-refractivity contribution in [3.05, 3.63) is 29.3 Å². The van der Waals surface area contributed by atoms with Crippen LogP contribution in [0, 0.1) is 13.8 Å². The van der Waals surface area contributed by atoms with Crippen molar-refractivity contribution in [2.45, 2.75) is 32.7 Å². The Kier molecular flexibility index (Phi) is 4.39. The van der Waals surface area contributed by atoms with Crippen LogP contribution in [0.15, 0.2) is 18.2 Å². The van der Waals surface area contributed by atoms with Crippen LogP contribution in [0.2, 0.25) is 0 Å². The molecule has 0 aliphatic carbocycles. The number of aliphatic carboxylic acids is 1. The molecule has 0 bridgehead atoms. The predicted octanol–water partition coefficient (Wildman–Crippen LogP) is 1.79. The Morgan fingerprint density at radius 1 is 1.40 bits per heavy atom. The molecule has 1 aliphatic rings. The van der Waals surface area contributed by atoms with Crippen LogP contribution < -0.4 is 5.32 Å². The highest BCUT2D eigenvalue weighted by Gasteiger charge is 2.31. The monoisotopic (exact) mass is 276 g/mol. The van der Waals surface area contributed by atoms with Crippen molar-refractivity contribution in [3.8, 4) is 0 Å². The van der Waals surface area contributed by atoms with E-state index in [1.807, 2.05) is 32.0 Å². The van der Waals surface area contributed by atoms with Gasteiger partial charge in [-0.05, 0) is 50.4 Å². The summed E-state index contributed by atoms with van der Waals surface area (Å²) in [5.41, 5.74) is 2.87. The van der Waals surface area contributed by atoms with Gasteiger partial charge in [-0.2, -0.15) is 0 Å². The van der Waals surface area contributed by atoms with E-state index in [4.69, 9.17) is 5.11 Å². The molecule has 1 unspecified atom stereocenters. The lowest BCUT2D eigenvalue weighted by atomic mass is 10.1. The lowest BCUT2D eigenvalue weighted by Gasteiger charge is -2.20. The van der Waals surface area contributed by atoms with Gasteiger partial charge >= 0.3 is 5.97 Å². The number of anilines is 1. The van der Waals surface area contributed by atoms with Crippen LogP contribution in [0.4, 0.5) is 5.69 Å². The smallest absolute Gasteiger partial charge is 0.320 e. The van der Waals surface area contributed by atoms with E-state index in [-0.39, 0.29) is 12.5 Å². The maximum absolute atomic E-state index is 12.1. The molecule has 1 heterocycles.